The number of fused-ring (bicyclic) bond motifs is 2. The van der Waals surface area contributed by atoms with Crippen LogP contribution in [-0.4, -0.2) is 93.4 Å². The van der Waals surface area contributed by atoms with E-state index in [1.165, 1.54) is 28.6 Å². The minimum Gasteiger partial charge on any atom is -0.495 e. The van der Waals surface area contributed by atoms with Crippen LogP contribution in [-0.2, 0) is 10.0 Å². The van der Waals surface area contributed by atoms with Crippen molar-refractivity contribution >= 4 is 33.2 Å². The molecule has 3 aromatic carbocycles. The van der Waals surface area contributed by atoms with E-state index >= 15 is 0 Å². The summed E-state index contributed by atoms with van der Waals surface area (Å²) in [7, 11) is -2.20. The number of hydrogen-bond donors (Lipinski definition) is 0. The Labute approximate surface area is 268 Å². The number of benzene rings is 3. The van der Waals surface area contributed by atoms with Crippen molar-refractivity contribution in [3.05, 3.63) is 88.4 Å². The van der Waals surface area contributed by atoms with E-state index in [0.717, 1.165) is 31.0 Å². The van der Waals surface area contributed by atoms with Crippen LogP contribution in [0.15, 0.2) is 65.6 Å². The number of piperazine rings is 2. The van der Waals surface area contributed by atoms with Crippen LogP contribution in [0, 0.1) is 11.6 Å². The summed E-state index contributed by atoms with van der Waals surface area (Å²) < 4.78 is 61.9. The normalized spacial score (nSPS) is 21.6. The number of nitrogens with zero attached hydrogens (tertiary/aromatic N) is 4. The van der Waals surface area contributed by atoms with E-state index in [2.05, 4.69) is 16.7 Å². The predicted octanol–water partition coefficient (Wildman–Crippen LogP) is 5.23. The van der Waals surface area contributed by atoms with E-state index in [0.29, 0.717) is 50.7 Å². The van der Waals surface area contributed by atoms with Crippen LogP contribution in [0.5, 0.6) is 5.75 Å². The zero-order chi connectivity index (χ0) is 31.9. The Balaban J connectivity index is 1.15. The number of halogens is 3. The molecule has 240 valence electrons. The molecule has 0 radical (unpaired) electrons. The molecular formula is C33H37ClF2N4O4S. The Morgan fingerprint density at radius 3 is 2.20 bits per heavy atom. The number of sulfonamides is 1. The average Bonchev–Trinajstić information content (AvgIpc) is 3.29. The molecule has 0 unspecified atom stereocenters. The maximum absolute atomic E-state index is 13.9. The number of amides is 1. The van der Waals surface area contributed by atoms with E-state index in [9.17, 15) is 22.0 Å². The molecule has 3 aliphatic rings. The van der Waals surface area contributed by atoms with Gasteiger partial charge < -0.3 is 19.4 Å². The van der Waals surface area contributed by atoms with Crippen LogP contribution in [0.4, 0.5) is 14.5 Å². The number of anilines is 1. The molecule has 1 amide bonds. The Bertz CT molecular complexity index is 1650. The number of ether oxygens (including phenoxy) is 1. The smallest absolute Gasteiger partial charge is 0.255 e. The van der Waals surface area contributed by atoms with E-state index in [4.69, 9.17) is 16.3 Å². The lowest BCUT2D eigenvalue weighted by Gasteiger charge is -2.43. The fourth-order valence-corrected chi connectivity index (χ4v) is 8.60. The second-order valence-electron chi connectivity index (χ2n) is 12.1. The average molecular weight is 659 g/mol. The quantitative estimate of drug-likeness (QED) is 0.330. The summed E-state index contributed by atoms with van der Waals surface area (Å²) in [4.78, 5) is 19.7. The van der Waals surface area contributed by atoms with Gasteiger partial charge in [0, 0.05) is 57.9 Å². The lowest BCUT2D eigenvalue weighted by atomic mass is 10.0. The van der Waals surface area contributed by atoms with Gasteiger partial charge in [0.25, 0.3) is 5.91 Å². The van der Waals surface area contributed by atoms with Crippen molar-refractivity contribution in [2.45, 2.75) is 42.7 Å². The van der Waals surface area contributed by atoms with E-state index in [-0.39, 0.29) is 45.2 Å². The van der Waals surface area contributed by atoms with Crippen molar-refractivity contribution in [3.8, 4) is 5.75 Å². The molecule has 0 aromatic heterocycles. The third-order valence-electron chi connectivity index (χ3n) is 9.30. The number of hydrogen-bond acceptors (Lipinski definition) is 6. The van der Waals surface area contributed by atoms with Gasteiger partial charge in [-0.3, -0.25) is 4.79 Å². The van der Waals surface area contributed by atoms with Gasteiger partial charge in [-0.05, 0) is 72.9 Å². The van der Waals surface area contributed by atoms with Crippen LogP contribution >= 0.6 is 11.6 Å². The van der Waals surface area contributed by atoms with Gasteiger partial charge in [-0.2, -0.15) is 4.31 Å². The summed E-state index contributed by atoms with van der Waals surface area (Å²) in [5.41, 5.74) is 2.02. The van der Waals surface area contributed by atoms with Crippen LogP contribution < -0.4 is 9.64 Å². The SMILES string of the molecule is COc1ccc(S(=O)(=O)N2CCN(C[C@H](C)c3ccc(F)cc3)CC2)cc1N1[C@@H]2CC[C@H]1CN(C(=O)c1ccc(F)cc1Cl)C2. The van der Waals surface area contributed by atoms with Gasteiger partial charge in [0.2, 0.25) is 10.0 Å². The number of methoxy groups -OCH3 is 1. The summed E-state index contributed by atoms with van der Waals surface area (Å²) >= 11 is 6.19. The second kappa shape index (κ2) is 12.9. The molecule has 3 saturated heterocycles. The minimum absolute atomic E-state index is 0.0366. The van der Waals surface area contributed by atoms with Gasteiger partial charge in [-0.1, -0.05) is 30.7 Å². The van der Waals surface area contributed by atoms with Crippen molar-refractivity contribution in [3.63, 3.8) is 0 Å². The van der Waals surface area contributed by atoms with E-state index < -0.39 is 15.8 Å². The number of carbonyl (C=O) groups is 1. The maximum atomic E-state index is 13.9. The van der Waals surface area contributed by atoms with Crippen LogP contribution in [0.3, 0.4) is 0 Å². The molecule has 3 heterocycles. The molecule has 6 rings (SSSR count). The highest BCUT2D eigenvalue weighted by molar-refractivity contribution is 7.89. The Kier molecular flexibility index (Phi) is 9.07. The van der Waals surface area contributed by atoms with Gasteiger partial charge >= 0.3 is 0 Å². The van der Waals surface area contributed by atoms with Gasteiger partial charge in [-0.25, -0.2) is 17.2 Å². The highest BCUT2D eigenvalue weighted by Gasteiger charge is 2.43. The summed E-state index contributed by atoms with van der Waals surface area (Å²) in [6.45, 7) is 5.67. The Hall–Kier alpha value is -3.25. The molecule has 12 heteroatoms. The molecule has 2 bridgehead atoms. The second-order valence-corrected chi connectivity index (χ2v) is 14.5. The summed E-state index contributed by atoms with van der Waals surface area (Å²) in [6.07, 6.45) is 1.67. The molecule has 0 aliphatic carbocycles. The minimum atomic E-state index is -3.77. The van der Waals surface area contributed by atoms with Gasteiger partial charge in [0.15, 0.2) is 0 Å². The lowest BCUT2D eigenvalue weighted by molar-refractivity contribution is 0.0718. The molecule has 3 aromatic rings. The number of rotatable bonds is 8. The standard InChI is InChI=1S/C33H37ClF2N4O4S/c1-22(23-3-5-24(35)6-4-23)19-37-13-15-39(16-14-37)45(42,43)28-10-12-32(44-2)31(18-28)40-26-8-9-27(40)21-38(20-26)33(41)29-11-7-25(36)17-30(29)34/h3-7,10-12,17-18,22,26-27H,8-9,13-16,19-21H2,1-2H3/t22-,26-,27+/m0/s1. The third kappa shape index (κ3) is 6.40. The molecule has 0 spiro atoms. The highest BCUT2D eigenvalue weighted by Crippen LogP contribution is 2.41. The third-order valence-corrected chi connectivity index (χ3v) is 11.5. The lowest BCUT2D eigenvalue weighted by Crippen LogP contribution is -2.55. The number of carbonyl (C=O) groups excluding carboxylic acids is 1. The van der Waals surface area contributed by atoms with Crippen molar-refractivity contribution in [1.82, 2.24) is 14.1 Å². The van der Waals surface area contributed by atoms with Gasteiger partial charge in [0.05, 0.1) is 28.3 Å². The fraction of sp³-hybridized carbons (Fsp3) is 0.424. The molecule has 3 fully saturated rings. The zero-order valence-electron chi connectivity index (χ0n) is 25.3. The topological polar surface area (TPSA) is 73.4 Å². The Morgan fingerprint density at radius 1 is 0.933 bits per heavy atom. The van der Waals surface area contributed by atoms with Crippen molar-refractivity contribution in [2.24, 2.45) is 0 Å². The van der Waals surface area contributed by atoms with Crippen LogP contribution in [0.1, 0.15) is 41.6 Å². The highest BCUT2D eigenvalue weighted by atomic mass is 35.5. The first-order valence-corrected chi connectivity index (χ1v) is 17.1. The molecule has 3 atom stereocenters. The van der Waals surface area contributed by atoms with Crippen LogP contribution in [0.25, 0.3) is 0 Å². The monoisotopic (exact) mass is 658 g/mol. The molecule has 3 aliphatic heterocycles. The first-order valence-electron chi connectivity index (χ1n) is 15.2. The summed E-state index contributed by atoms with van der Waals surface area (Å²) in [5.74, 6) is -0.236. The Morgan fingerprint density at radius 2 is 1.58 bits per heavy atom. The number of likely N-dealkylation sites (tertiary alicyclic amines) is 1. The molecule has 45 heavy (non-hydrogen) atoms. The molecule has 8 nitrogen and oxygen atoms in total. The van der Waals surface area contributed by atoms with Crippen molar-refractivity contribution in [1.29, 1.82) is 0 Å². The first-order chi connectivity index (χ1) is 21.5. The fourth-order valence-electron chi connectivity index (χ4n) is 6.91. The molecule has 0 saturated carbocycles. The largest absolute Gasteiger partial charge is 0.495 e. The predicted molar refractivity (Wildman–Crippen MR) is 170 cm³/mol. The summed E-state index contributed by atoms with van der Waals surface area (Å²) in [5, 5.41) is 0.0811. The first kappa shape index (κ1) is 31.7. The zero-order valence-corrected chi connectivity index (χ0v) is 26.9. The molecular weight excluding hydrogens is 622 g/mol. The van der Waals surface area contributed by atoms with Gasteiger partial charge in [0.1, 0.15) is 17.4 Å². The maximum Gasteiger partial charge on any atom is 0.255 e. The van der Waals surface area contributed by atoms with Gasteiger partial charge in [-0.15, -0.1) is 0 Å². The van der Waals surface area contributed by atoms with Crippen LogP contribution in [0.2, 0.25) is 5.02 Å². The molecule has 0 N–H and O–H groups in total. The van der Waals surface area contributed by atoms with Crippen molar-refractivity contribution < 1.29 is 26.7 Å². The summed E-state index contributed by atoms with van der Waals surface area (Å²) in [6, 6.07) is 15.3. The van der Waals surface area contributed by atoms with E-state index in [1.54, 1.807) is 42.3 Å². The van der Waals surface area contributed by atoms with E-state index in [1.807, 2.05) is 0 Å². The van der Waals surface area contributed by atoms with Crippen molar-refractivity contribution in [2.75, 3.05) is 57.8 Å².